The van der Waals surface area contributed by atoms with Gasteiger partial charge in [-0.2, -0.15) is 0 Å². The van der Waals surface area contributed by atoms with Crippen LogP contribution in [0.25, 0.3) is 0 Å². The standard InChI is InChI=1S/C18H31N3O2.ClH/c1-12-5-7-15(8-6-12)21-11-14(9-17(21)22)18(23)20-16-4-2-3-13(16)10-19;/h12-16H,2-11,19H2,1H3,(H,20,23);1H. The summed E-state index contributed by atoms with van der Waals surface area (Å²) >= 11 is 0. The van der Waals surface area contributed by atoms with E-state index in [1.165, 1.54) is 12.8 Å². The Kier molecular flexibility index (Phi) is 6.93. The van der Waals surface area contributed by atoms with E-state index < -0.39 is 0 Å². The zero-order valence-electron chi connectivity index (χ0n) is 14.7. The molecule has 5 nitrogen and oxygen atoms in total. The highest BCUT2D eigenvalue weighted by Crippen LogP contribution is 2.32. The largest absolute Gasteiger partial charge is 0.353 e. The summed E-state index contributed by atoms with van der Waals surface area (Å²) in [4.78, 5) is 26.9. The number of nitrogens with zero attached hydrogens (tertiary/aromatic N) is 1. The summed E-state index contributed by atoms with van der Waals surface area (Å²) < 4.78 is 0. The molecule has 3 unspecified atom stereocenters. The van der Waals surface area contributed by atoms with Crippen LogP contribution in [-0.2, 0) is 9.59 Å². The van der Waals surface area contributed by atoms with E-state index in [0.717, 1.165) is 38.0 Å². The lowest BCUT2D eigenvalue weighted by Crippen LogP contribution is -2.44. The van der Waals surface area contributed by atoms with Gasteiger partial charge in [0, 0.05) is 25.0 Å². The van der Waals surface area contributed by atoms with E-state index in [4.69, 9.17) is 5.73 Å². The first-order chi connectivity index (χ1) is 11.1. The molecule has 3 N–H and O–H groups in total. The second-order valence-electron chi connectivity index (χ2n) is 7.90. The Balaban J connectivity index is 0.00000208. The van der Waals surface area contributed by atoms with Gasteiger partial charge in [-0.1, -0.05) is 13.3 Å². The lowest BCUT2D eigenvalue weighted by Gasteiger charge is -2.33. The molecule has 3 rings (SSSR count). The summed E-state index contributed by atoms with van der Waals surface area (Å²) in [6, 6.07) is 0.576. The van der Waals surface area contributed by atoms with Crippen LogP contribution in [0.1, 0.15) is 58.3 Å². The first kappa shape index (κ1) is 19.5. The number of hydrogen-bond donors (Lipinski definition) is 2. The molecule has 1 aliphatic heterocycles. The predicted octanol–water partition coefficient (Wildman–Crippen LogP) is 2.08. The molecule has 0 aromatic rings. The monoisotopic (exact) mass is 357 g/mol. The van der Waals surface area contributed by atoms with Crippen LogP contribution in [-0.4, -0.2) is 41.9 Å². The first-order valence-electron chi connectivity index (χ1n) is 9.38. The summed E-state index contributed by atoms with van der Waals surface area (Å²) in [6.45, 7) is 3.54. The van der Waals surface area contributed by atoms with Crippen LogP contribution in [0.5, 0.6) is 0 Å². The van der Waals surface area contributed by atoms with Crippen molar-refractivity contribution < 1.29 is 9.59 Å². The summed E-state index contributed by atoms with van der Waals surface area (Å²) in [6.07, 6.45) is 8.26. The molecule has 2 saturated carbocycles. The molecule has 0 bridgehead atoms. The topological polar surface area (TPSA) is 75.4 Å². The lowest BCUT2D eigenvalue weighted by molar-refractivity contribution is -0.131. The fraction of sp³-hybridized carbons (Fsp3) is 0.889. The molecule has 6 heteroatoms. The van der Waals surface area contributed by atoms with Crippen molar-refractivity contribution in [3.8, 4) is 0 Å². The molecule has 0 aromatic carbocycles. The molecule has 2 amide bonds. The van der Waals surface area contributed by atoms with Gasteiger partial charge in [-0.3, -0.25) is 9.59 Å². The van der Waals surface area contributed by atoms with Crippen molar-refractivity contribution in [1.29, 1.82) is 0 Å². The summed E-state index contributed by atoms with van der Waals surface area (Å²) in [7, 11) is 0. The van der Waals surface area contributed by atoms with E-state index in [2.05, 4.69) is 12.2 Å². The van der Waals surface area contributed by atoms with Gasteiger partial charge in [-0.15, -0.1) is 12.4 Å². The van der Waals surface area contributed by atoms with Crippen LogP contribution >= 0.6 is 12.4 Å². The minimum atomic E-state index is -0.166. The normalized spacial score (nSPS) is 36.5. The van der Waals surface area contributed by atoms with E-state index in [0.29, 0.717) is 31.5 Å². The van der Waals surface area contributed by atoms with Gasteiger partial charge in [0.2, 0.25) is 11.8 Å². The Morgan fingerprint density at radius 2 is 1.92 bits per heavy atom. The van der Waals surface area contributed by atoms with Gasteiger partial charge in [0.25, 0.3) is 0 Å². The molecule has 1 saturated heterocycles. The van der Waals surface area contributed by atoms with Crippen molar-refractivity contribution in [3.05, 3.63) is 0 Å². The number of halogens is 1. The van der Waals surface area contributed by atoms with Gasteiger partial charge in [-0.05, 0) is 56.9 Å². The highest BCUT2D eigenvalue weighted by molar-refractivity contribution is 5.89. The maximum Gasteiger partial charge on any atom is 0.225 e. The third-order valence-corrected chi connectivity index (χ3v) is 6.24. The van der Waals surface area contributed by atoms with Crippen LogP contribution in [0.3, 0.4) is 0 Å². The maximum atomic E-state index is 12.6. The van der Waals surface area contributed by atoms with Gasteiger partial charge in [0.15, 0.2) is 0 Å². The Morgan fingerprint density at radius 1 is 1.21 bits per heavy atom. The second-order valence-corrected chi connectivity index (χ2v) is 7.90. The van der Waals surface area contributed by atoms with Crippen LogP contribution in [0.15, 0.2) is 0 Å². The van der Waals surface area contributed by atoms with Crippen molar-refractivity contribution in [2.75, 3.05) is 13.1 Å². The zero-order chi connectivity index (χ0) is 16.4. The van der Waals surface area contributed by atoms with Crippen LogP contribution < -0.4 is 11.1 Å². The molecule has 24 heavy (non-hydrogen) atoms. The lowest BCUT2D eigenvalue weighted by atomic mass is 9.86. The maximum absolute atomic E-state index is 12.6. The second kappa shape index (κ2) is 8.52. The fourth-order valence-corrected chi connectivity index (χ4v) is 4.62. The summed E-state index contributed by atoms with van der Waals surface area (Å²) in [5.41, 5.74) is 5.79. The molecule has 3 aliphatic rings. The van der Waals surface area contributed by atoms with Gasteiger partial charge in [0.05, 0.1) is 5.92 Å². The van der Waals surface area contributed by atoms with Crippen molar-refractivity contribution in [2.45, 2.75) is 70.4 Å². The molecular formula is C18H32ClN3O2. The zero-order valence-corrected chi connectivity index (χ0v) is 15.5. The number of hydrogen-bond acceptors (Lipinski definition) is 3. The number of nitrogens with one attached hydrogen (secondary N) is 1. The van der Waals surface area contributed by atoms with Crippen molar-refractivity contribution in [1.82, 2.24) is 10.2 Å². The number of likely N-dealkylation sites (tertiary alicyclic amines) is 1. The van der Waals surface area contributed by atoms with Gasteiger partial charge >= 0.3 is 0 Å². The highest BCUT2D eigenvalue weighted by atomic mass is 35.5. The van der Waals surface area contributed by atoms with Gasteiger partial charge in [-0.25, -0.2) is 0 Å². The molecule has 0 spiro atoms. The van der Waals surface area contributed by atoms with Crippen molar-refractivity contribution in [2.24, 2.45) is 23.5 Å². The average Bonchev–Trinajstić information content (AvgIpc) is 3.14. The smallest absolute Gasteiger partial charge is 0.225 e. The number of carbonyl (C=O) groups is 2. The van der Waals surface area contributed by atoms with E-state index >= 15 is 0 Å². The molecule has 0 aromatic heterocycles. The van der Waals surface area contributed by atoms with Gasteiger partial charge in [0.1, 0.15) is 0 Å². The van der Waals surface area contributed by atoms with Crippen molar-refractivity contribution in [3.63, 3.8) is 0 Å². The third kappa shape index (κ3) is 4.23. The van der Waals surface area contributed by atoms with Gasteiger partial charge < -0.3 is 16.0 Å². The highest BCUT2D eigenvalue weighted by Gasteiger charge is 2.40. The first-order valence-corrected chi connectivity index (χ1v) is 9.38. The fourth-order valence-electron chi connectivity index (χ4n) is 4.62. The number of nitrogens with two attached hydrogens (primary N) is 1. The minimum Gasteiger partial charge on any atom is -0.353 e. The molecule has 2 aliphatic carbocycles. The van der Waals surface area contributed by atoms with Crippen molar-refractivity contribution >= 4 is 24.2 Å². The van der Waals surface area contributed by atoms with Crippen LogP contribution in [0.2, 0.25) is 0 Å². The van der Waals surface area contributed by atoms with E-state index in [9.17, 15) is 9.59 Å². The Morgan fingerprint density at radius 3 is 2.58 bits per heavy atom. The minimum absolute atomic E-state index is 0. The number of rotatable bonds is 4. The number of amides is 2. The molecular weight excluding hydrogens is 326 g/mol. The SMILES string of the molecule is CC1CCC(N2CC(C(=O)NC3CCCC3CN)CC2=O)CC1.Cl. The van der Waals surface area contributed by atoms with E-state index in [-0.39, 0.29) is 36.2 Å². The van der Waals surface area contributed by atoms with E-state index in [1.54, 1.807) is 0 Å². The molecule has 138 valence electrons. The Bertz CT molecular complexity index is 452. The third-order valence-electron chi connectivity index (χ3n) is 6.24. The average molecular weight is 358 g/mol. The van der Waals surface area contributed by atoms with E-state index in [1.807, 2.05) is 4.90 Å². The number of carbonyl (C=O) groups excluding carboxylic acids is 2. The predicted molar refractivity (Wildman–Crippen MR) is 96.8 cm³/mol. The molecule has 3 fully saturated rings. The Hall–Kier alpha value is -0.810. The summed E-state index contributed by atoms with van der Waals surface area (Å²) in [5.74, 6) is 1.26. The summed E-state index contributed by atoms with van der Waals surface area (Å²) in [5, 5.41) is 3.18. The van der Waals surface area contributed by atoms with Crippen LogP contribution in [0, 0.1) is 17.8 Å². The molecule has 0 radical (unpaired) electrons. The van der Waals surface area contributed by atoms with Crippen LogP contribution in [0.4, 0.5) is 0 Å². The molecule has 3 atom stereocenters. The Labute approximate surface area is 151 Å². The molecule has 1 heterocycles. The quantitative estimate of drug-likeness (QED) is 0.808.